The molecule has 100 valence electrons. The first-order valence-electron chi connectivity index (χ1n) is 6.30. The van der Waals surface area contributed by atoms with Gasteiger partial charge in [-0.25, -0.2) is 0 Å². The molecule has 0 bridgehead atoms. The number of hydrogen-bond acceptors (Lipinski definition) is 4. The van der Waals surface area contributed by atoms with Gasteiger partial charge in [0.05, 0.1) is 26.4 Å². The lowest BCUT2D eigenvalue weighted by atomic mass is 10.1. The van der Waals surface area contributed by atoms with Gasteiger partial charge >= 0.3 is 0 Å². The minimum Gasteiger partial charge on any atom is -0.497 e. The Morgan fingerprint density at radius 1 is 1.33 bits per heavy atom. The number of aliphatic hydroxyl groups is 1. The molecule has 1 aromatic rings. The Kier molecular flexibility index (Phi) is 4.99. The van der Waals surface area contributed by atoms with E-state index >= 15 is 0 Å². The second-order valence-corrected chi connectivity index (χ2v) is 4.43. The van der Waals surface area contributed by atoms with E-state index in [1.807, 2.05) is 24.3 Å². The van der Waals surface area contributed by atoms with Gasteiger partial charge in [-0.3, -0.25) is 0 Å². The van der Waals surface area contributed by atoms with Gasteiger partial charge in [0, 0.05) is 6.61 Å². The molecule has 2 atom stereocenters. The van der Waals surface area contributed by atoms with Crippen molar-refractivity contribution in [3.8, 4) is 5.75 Å². The van der Waals surface area contributed by atoms with Crippen LogP contribution in [0.25, 0.3) is 0 Å². The molecule has 0 aliphatic carbocycles. The molecule has 0 unspecified atom stereocenters. The van der Waals surface area contributed by atoms with Gasteiger partial charge in [-0.1, -0.05) is 12.1 Å². The minimum absolute atomic E-state index is 0.00847. The molecule has 1 fully saturated rings. The quantitative estimate of drug-likeness (QED) is 0.867. The molecule has 1 saturated heterocycles. The molecule has 0 radical (unpaired) electrons. The van der Waals surface area contributed by atoms with E-state index in [2.05, 4.69) is 0 Å². The predicted octanol–water partition coefficient (Wildman–Crippen LogP) is 1.75. The van der Waals surface area contributed by atoms with Crippen molar-refractivity contribution in [1.82, 2.24) is 0 Å². The van der Waals surface area contributed by atoms with Gasteiger partial charge in [0.15, 0.2) is 0 Å². The summed E-state index contributed by atoms with van der Waals surface area (Å²) in [5, 5.41) is 9.21. The van der Waals surface area contributed by atoms with Crippen molar-refractivity contribution < 1.29 is 19.3 Å². The fourth-order valence-corrected chi connectivity index (χ4v) is 2.10. The van der Waals surface area contributed by atoms with Crippen LogP contribution in [-0.2, 0) is 16.1 Å². The van der Waals surface area contributed by atoms with Gasteiger partial charge in [0.25, 0.3) is 0 Å². The second kappa shape index (κ2) is 6.73. The molecule has 0 saturated carbocycles. The van der Waals surface area contributed by atoms with E-state index in [4.69, 9.17) is 14.2 Å². The minimum atomic E-state index is -0.183. The fraction of sp³-hybridized carbons (Fsp3) is 0.571. The summed E-state index contributed by atoms with van der Waals surface area (Å²) in [6.45, 7) is 1.27. The molecule has 1 heterocycles. The highest BCUT2D eigenvalue weighted by atomic mass is 16.5. The van der Waals surface area contributed by atoms with Crippen LogP contribution in [0.5, 0.6) is 5.75 Å². The van der Waals surface area contributed by atoms with E-state index in [9.17, 15) is 5.11 Å². The number of ether oxygens (including phenoxy) is 3. The van der Waals surface area contributed by atoms with Gasteiger partial charge in [0.1, 0.15) is 11.9 Å². The van der Waals surface area contributed by atoms with Crippen molar-refractivity contribution in [2.24, 2.45) is 0 Å². The maximum atomic E-state index is 9.21. The Hall–Kier alpha value is -1.10. The van der Waals surface area contributed by atoms with Crippen molar-refractivity contribution in [3.05, 3.63) is 29.8 Å². The number of aliphatic hydroxyl groups excluding tert-OH is 1. The summed E-state index contributed by atoms with van der Waals surface area (Å²) in [5.41, 5.74) is 1.10. The third-order valence-electron chi connectivity index (χ3n) is 3.18. The van der Waals surface area contributed by atoms with Crippen LogP contribution >= 0.6 is 0 Å². The summed E-state index contributed by atoms with van der Waals surface area (Å²) in [7, 11) is 1.65. The van der Waals surface area contributed by atoms with Gasteiger partial charge in [-0.05, 0) is 30.5 Å². The Labute approximate surface area is 107 Å². The lowest BCUT2D eigenvalue weighted by Crippen LogP contribution is -2.38. The van der Waals surface area contributed by atoms with Crippen molar-refractivity contribution >= 4 is 0 Å². The third kappa shape index (κ3) is 3.45. The SMILES string of the molecule is COc1ccc(CO[C@H]2CCCO[C@@H]2CO)cc1. The Morgan fingerprint density at radius 3 is 2.78 bits per heavy atom. The average molecular weight is 252 g/mol. The van der Waals surface area contributed by atoms with E-state index < -0.39 is 0 Å². The third-order valence-corrected chi connectivity index (χ3v) is 3.18. The monoisotopic (exact) mass is 252 g/mol. The maximum Gasteiger partial charge on any atom is 0.118 e. The molecule has 1 aliphatic rings. The number of benzene rings is 1. The van der Waals surface area contributed by atoms with Gasteiger partial charge in [0.2, 0.25) is 0 Å². The van der Waals surface area contributed by atoms with Crippen molar-refractivity contribution in [1.29, 1.82) is 0 Å². The van der Waals surface area contributed by atoms with Crippen LogP contribution in [0.1, 0.15) is 18.4 Å². The zero-order valence-corrected chi connectivity index (χ0v) is 10.7. The number of methoxy groups -OCH3 is 1. The standard InChI is InChI=1S/C14H20O4/c1-16-12-6-4-11(5-7-12)10-18-13-3-2-8-17-14(13)9-15/h4-7,13-15H,2-3,8-10H2,1H3/t13-,14+/m0/s1. The normalized spacial score (nSPS) is 23.9. The van der Waals surface area contributed by atoms with Crippen molar-refractivity contribution in [3.63, 3.8) is 0 Å². The van der Waals surface area contributed by atoms with E-state index in [0.717, 1.165) is 24.2 Å². The fourth-order valence-electron chi connectivity index (χ4n) is 2.10. The number of rotatable bonds is 5. The summed E-state index contributed by atoms with van der Waals surface area (Å²) in [6.07, 6.45) is 1.74. The molecular weight excluding hydrogens is 232 g/mol. The van der Waals surface area contributed by atoms with Crippen LogP contribution in [0.4, 0.5) is 0 Å². The largest absolute Gasteiger partial charge is 0.497 e. The molecule has 1 N–H and O–H groups in total. The van der Waals surface area contributed by atoms with Crippen molar-refractivity contribution in [2.45, 2.75) is 31.7 Å². The molecule has 1 aromatic carbocycles. The summed E-state index contributed by atoms with van der Waals surface area (Å²) in [6, 6.07) is 7.80. The second-order valence-electron chi connectivity index (χ2n) is 4.43. The van der Waals surface area contributed by atoms with Crippen molar-refractivity contribution in [2.75, 3.05) is 20.3 Å². The maximum absolute atomic E-state index is 9.21. The highest BCUT2D eigenvalue weighted by Crippen LogP contribution is 2.19. The lowest BCUT2D eigenvalue weighted by Gasteiger charge is -2.30. The van der Waals surface area contributed by atoms with Crippen LogP contribution in [-0.4, -0.2) is 37.6 Å². The van der Waals surface area contributed by atoms with Crippen LogP contribution < -0.4 is 4.74 Å². The van der Waals surface area contributed by atoms with E-state index in [1.54, 1.807) is 7.11 Å². The zero-order valence-electron chi connectivity index (χ0n) is 10.7. The lowest BCUT2D eigenvalue weighted by molar-refractivity contribution is -0.126. The summed E-state index contributed by atoms with van der Waals surface area (Å²) >= 11 is 0. The predicted molar refractivity (Wildman–Crippen MR) is 67.6 cm³/mol. The highest BCUT2D eigenvalue weighted by molar-refractivity contribution is 5.26. The van der Waals surface area contributed by atoms with E-state index in [-0.39, 0.29) is 18.8 Å². The summed E-state index contributed by atoms with van der Waals surface area (Å²) in [4.78, 5) is 0. The van der Waals surface area contributed by atoms with E-state index in [1.165, 1.54) is 0 Å². The van der Waals surface area contributed by atoms with Gasteiger partial charge in [-0.15, -0.1) is 0 Å². The molecule has 4 heteroatoms. The zero-order chi connectivity index (χ0) is 12.8. The summed E-state index contributed by atoms with van der Waals surface area (Å²) < 4.78 is 16.4. The summed E-state index contributed by atoms with van der Waals surface area (Å²) in [5.74, 6) is 0.841. The van der Waals surface area contributed by atoms with Crippen LogP contribution in [0.3, 0.4) is 0 Å². The first kappa shape index (κ1) is 13.3. The molecule has 2 rings (SSSR count). The molecule has 0 spiro atoms. The van der Waals surface area contributed by atoms with Crippen LogP contribution in [0.15, 0.2) is 24.3 Å². The molecule has 0 amide bonds. The smallest absolute Gasteiger partial charge is 0.118 e. The molecule has 1 aliphatic heterocycles. The highest BCUT2D eigenvalue weighted by Gasteiger charge is 2.25. The first-order chi connectivity index (χ1) is 8.83. The first-order valence-corrected chi connectivity index (χ1v) is 6.30. The molecule has 4 nitrogen and oxygen atoms in total. The molecule has 18 heavy (non-hydrogen) atoms. The van der Waals surface area contributed by atoms with Crippen LogP contribution in [0.2, 0.25) is 0 Å². The van der Waals surface area contributed by atoms with E-state index in [0.29, 0.717) is 13.2 Å². The Balaban J connectivity index is 1.85. The van der Waals surface area contributed by atoms with Gasteiger partial charge in [-0.2, -0.15) is 0 Å². The topological polar surface area (TPSA) is 47.9 Å². The Morgan fingerprint density at radius 2 is 2.11 bits per heavy atom. The number of hydrogen-bond donors (Lipinski definition) is 1. The average Bonchev–Trinajstić information content (AvgIpc) is 2.46. The Bertz CT molecular complexity index is 349. The molecule has 0 aromatic heterocycles. The molecular formula is C14H20O4. The van der Waals surface area contributed by atoms with Gasteiger partial charge < -0.3 is 19.3 Å². The van der Waals surface area contributed by atoms with Crippen LogP contribution in [0, 0.1) is 0 Å².